The molecule has 0 atom stereocenters. The molecule has 3 rings (SSSR count). The van der Waals surface area contributed by atoms with Gasteiger partial charge in [0.05, 0.1) is 11.9 Å². The maximum absolute atomic E-state index is 4.57. The van der Waals surface area contributed by atoms with Gasteiger partial charge in [-0.05, 0) is 19.8 Å². The minimum atomic E-state index is 1.07. The van der Waals surface area contributed by atoms with E-state index in [9.17, 15) is 0 Å². The topological polar surface area (TPSA) is 35.6 Å². The summed E-state index contributed by atoms with van der Waals surface area (Å²) < 4.78 is 3.93. The second kappa shape index (κ2) is 2.72. The maximum Gasteiger partial charge on any atom is 0.0992 e. The van der Waals surface area contributed by atoms with E-state index in [0.717, 1.165) is 18.5 Å². The Morgan fingerprint density at radius 3 is 2.80 bits per heavy atom. The van der Waals surface area contributed by atoms with Crippen molar-refractivity contribution in [3.63, 3.8) is 0 Å². The standard InChI is InChI=1S/C11H14N4/c1-7-8-4-5-10-9(6-12-15(10)3)11(8)13-14(7)2/h6H,4-5H2,1-3H3. The number of rotatable bonds is 0. The number of nitrogens with zero attached hydrogens (tertiary/aromatic N) is 4. The minimum Gasteiger partial charge on any atom is -0.272 e. The fourth-order valence-electron chi connectivity index (χ4n) is 2.37. The molecule has 4 heteroatoms. The van der Waals surface area contributed by atoms with Crippen LogP contribution in [0.2, 0.25) is 0 Å². The van der Waals surface area contributed by atoms with E-state index < -0.39 is 0 Å². The lowest BCUT2D eigenvalue weighted by molar-refractivity contribution is 0.699. The van der Waals surface area contributed by atoms with E-state index in [4.69, 9.17) is 0 Å². The van der Waals surface area contributed by atoms with Gasteiger partial charge < -0.3 is 0 Å². The molecule has 0 aliphatic heterocycles. The van der Waals surface area contributed by atoms with Crippen molar-refractivity contribution in [3.8, 4) is 11.3 Å². The highest BCUT2D eigenvalue weighted by molar-refractivity contribution is 5.68. The van der Waals surface area contributed by atoms with Gasteiger partial charge in [0.25, 0.3) is 0 Å². The van der Waals surface area contributed by atoms with Gasteiger partial charge in [0, 0.05) is 36.6 Å². The molecule has 0 radical (unpaired) electrons. The molecule has 15 heavy (non-hydrogen) atoms. The van der Waals surface area contributed by atoms with Crippen LogP contribution in [0.4, 0.5) is 0 Å². The SMILES string of the molecule is Cc1c2c(nn1C)-c1cnn(C)c1CC2. The first-order valence-corrected chi connectivity index (χ1v) is 5.22. The first kappa shape index (κ1) is 8.71. The van der Waals surface area contributed by atoms with Gasteiger partial charge in [-0.1, -0.05) is 0 Å². The molecule has 1 aliphatic rings. The first-order valence-electron chi connectivity index (χ1n) is 5.22. The second-order valence-electron chi connectivity index (χ2n) is 4.16. The molecule has 0 fully saturated rings. The summed E-state index contributed by atoms with van der Waals surface area (Å²) in [6, 6.07) is 0. The number of hydrogen-bond acceptors (Lipinski definition) is 2. The van der Waals surface area contributed by atoms with Gasteiger partial charge in [0.15, 0.2) is 0 Å². The summed E-state index contributed by atoms with van der Waals surface area (Å²) in [4.78, 5) is 0. The molecule has 78 valence electrons. The summed E-state index contributed by atoms with van der Waals surface area (Å²) in [6.45, 7) is 2.13. The zero-order chi connectivity index (χ0) is 10.6. The van der Waals surface area contributed by atoms with Crippen molar-refractivity contribution in [1.29, 1.82) is 0 Å². The molecule has 0 N–H and O–H groups in total. The Kier molecular flexibility index (Phi) is 1.58. The molecule has 2 heterocycles. The number of aryl methyl sites for hydroxylation is 2. The van der Waals surface area contributed by atoms with Gasteiger partial charge in [-0.25, -0.2) is 0 Å². The number of fused-ring (bicyclic) bond motifs is 3. The van der Waals surface area contributed by atoms with Crippen LogP contribution in [0.3, 0.4) is 0 Å². The lowest BCUT2D eigenvalue weighted by atomic mass is 9.94. The summed E-state index contributed by atoms with van der Waals surface area (Å²) in [5, 5.41) is 8.87. The maximum atomic E-state index is 4.57. The van der Waals surface area contributed by atoms with Crippen LogP contribution in [0.1, 0.15) is 17.0 Å². The Bertz CT molecular complexity index is 533. The Morgan fingerprint density at radius 1 is 1.20 bits per heavy atom. The Balaban J connectivity index is 2.30. The van der Waals surface area contributed by atoms with Crippen LogP contribution in [-0.2, 0) is 26.9 Å². The van der Waals surface area contributed by atoms with E-state index in [1.165, 1.54) is 22.5 Å². The molecule has 0 spiro atoms. The highest BCUT2D eigenvalue weighted by Gasteiger charge is 2.24. The van der Waals surface area contributed by atoms with Gasteiger partial charge in [-0.3, -0.25) is 9.36 Å². The first-order chi connectivity index (χ1) is 7.18. The fraction of sp³-hybridized carbons (Fsp3) is 0.455. The third-order valence-electron chi connectivity index (χ3n) is 3.39. The van der Waals surface area contributed by atoms with E-state index in [-0.39, 0.29) is 0 Å². The highest BCUT2D eigenvalue weighted by Crippen LogP contribution is 2.33. The normalized spacial score (nSPS) is 13.8. The third-order valence-corrected chi connectivity index (χ3v) is 3.39. The molecular weight excluding hydrogens is 188 g/mol. The summed E-state index contributed by atoms with van der Waals surface area (Å²) in [7, 11) is 4.00. The molecule has 4 nitrogen and oxygen atoms in total. The van der Waals surface area contributed by atoms with Crippen LogP contribution >= 0.6 is 0 Å². The largest absolute Gasteiger partial charge is 0.272 e. The lowest BCUT2D eigenvalue weighted by Gasteiger charge is -2.12. The van der Waals surface area contributed by atoms with Crippen LogP contribution in [0.25, 0.3) is 11.3 Å². The molecule has 0 amide bonds. The van der Waals surface area contributed by atoms with Crippen LogP contribution in [0.5, 0.6) is 0 Å². The van der Waals surface area contributed by atoms with Gasteiger partial charge in [-0.2, -0.15) is 10.2 Å². The quantitative estimate of drug-likeness (QED) is 0.644. The van der Waals surface area contributed by atoms with Gasteiger partial charge in [0.2, 0.25) is 0 Å². The van der Waals surface area contributed by atoms with Crippen molar-refractivity contribution < 1.29 is 0 Å². The van der Waals surface area contributed by atoms with E-state index in [2.05, 4.69) is 17.1 Å². The van der Waals surface area contributed by atoms with Gasteiger partial charge in [-0.15, -0.1) is 0 Å². The van der Waals surface area contributed by atoms with Crippen molar-refractivity contribution in [3.05, 3.63) is 23.1 Å². The van der Waals surface area contributed by atoms with Crippen molar-refractivity contribution in [1.82, 2.24) is 19.6 Å². The Labute approximate surface area is 88.5 Å². The smallest absolute Gasteiger partial charge is 0.0992 e. The minimum absolute atomic E-state index is 1.07. The van der Waals surface area contributed by atoms with E-state index in [0.29, 0.717) is 0 Å². The monoisotopic (exact) mass is 202 g/mol. The fourth-order valence-corrected chi connectivity index (χ4v) is 2.37. The molecule has 0 saturated heterocycles. The van der Waals surface area contributed by atoms with Crippen molar-refractivity contribution >= 4 is 0 Å². The van der Waals surface area contributed by atoms with Crippen LogP contribution in [0.15, 0.2) is 6.20 Å². The average molecular weight is 202 g/mol. The van der Waals surface area contributed by atoms with E-state index in [1.807, 2.05) is 29.7 Å². The zero-order valence-corrected chi connectivity index (χ0v) is 9.28. The van der Waals surface area contributed by atoms with Crippen LogP contribution in [-0.4, -0.2) is 19.6 Å². The van der Waals surface area contributed by atoms with Crippen LogP contribution in [0, 0.1) is 6.92 Å². The molecule has 0 aromatic carbocycles. The average Bonchev–Trinajstić information content (AvgIpc) is 2.72. The molecule has 1 aliphatic carbocycles. The van der Waals surface area contributed by atoms with E-state index in [1.54, 1.807) is 0 Å². The molecule has 0 bridgehead atoms. The van der Waals surface area contributed by atoms with Crippen LogP contribution < -0.4 is 0 Å². The number of aromatic nitrogens is 4. The summed E-state index contributed by atoms with van der Waals surface area (Å²) >= 11 is 0. The van der Waals surface area contributed by atoms with Crippen molar-refractivity contribution in [2.75, 3.05) is 0 Å². The predicted octanol–water partition coefficient (Wildman–Crippen LogP) is 1.23. The lowest BCUT2D eigenvalue weighted by Crippen LogP contribution is -2.06. The molecule has 2 aromatic heterocycles. The molecule has 0 unspecified atom stereocenters. The Hall–Kier alpha value is -1.58. The second-order valence-corrected chi connectivity index (χ2v) is 4.16. The molecule has 0 saturated carbocycles. The molecular formula is C11H14N4. The third kappa shape index (κ3) is 1.02. The van der Waals surface area contributed by atoms with E-state index >= 15 is 0 Å². The highest BCUT2D eigenvalue weighted by atomic mass is 15.3. The van der Waals surface area contributed by atoms with Gasteiger partial charge in [0.1, 0.15) is 0 Å². The summed E-state index contributed by atoms with van der Waals surface area (Å²) in [5.74, 6) is 0. The molecule has 2 aromatic rings. The summed E-state index contributed by atoms with van der Waals surface area (Å²) in [6.07, 6.45) is 4.09. The zero-order valence-electron chi connectivity index (χ0n) is 9.28. The number of hydrogen-bond donors (Lipinski definition) is 0. The van der Waals surface area contributed by atoms with Gasteiger partial charge >= 0.3 is 0 Å². The summed E-state index contributed by atoms with van der Waals surface area (Å²) in [5.41, 5.74) is 6.31. The predicted molar refractivity (Wildman–Crippen MR) is 57.6 cm³/mol. The van der Waals surface area contributed by atoms with Crippen molar-refractivity contribution in [2.45, 2.75) is 19.8 Å². The Morgan fingerprint density at radius 2 is 2.00 bits per heavy atom. The van der Waals surface area contributed by atoms with Crippen molar-refractivity contribution in [2.24, 2.45) is 14.1 Å².